The van der Waals surface area contributed by atoms with E-state index in [1.54, 1.807) is 0 Å². The summed E-state index contributed by atoms with van der Waals surface area (Å²) in [6.07, 6.45) is 2.88. The van der Waals surface area contributed by atoms with Crippen LogP contribution in [0, 0.1) is 0 Å². The molecule has 0 radical (unpaired) electrons. The van der Waals surface area contributed by atoms with Crippen LogP contribution in [-0.4, -0.2) is 29.7 Å². The van der Waals surface area contributed by atoms with E-state index < -0.39 is 0 Å². The Morgan fingerprint density at radius 1 is 1.24 bits per heavy atom. The highest BCUT2D eigenvalue weighted by molar-refractivity contribution is 9.10. The third-order valence-corrected chi connectivity index (χ3v) is 3.22. The van der Waals surface area contributed by atoms with Gasteiger partial charge in [0.1, 0.15) is 12.7 Å². The first-order valence-electron chi connectivity index (χ1n) is 5.95. The fourth-order valence-electron chi connectivity index (χ4n) is 1.66. The van der Waals surface area contributed by atoms with Crippen LogP contribution in [-0.2, 0) is 6.54 Å². The van der Waals surface area contributed by atoms with Gasteiger partial charge in [0.15, 0.2) is 0 Å². The number of aromatic nitrogens is 6. The summed E-state index contributed by atoms with van der Waals surface area (Å²) in [5.74, 6) is 0.685. The number of nitrogens with one attached hydrogen (secondary N) is 1. The Kier molecular flexibility index (Phi) is 4.07. The predicted molar refractivity (Wildman–Crippen MR) is 81.2 cm³/mol. The van der Waals surface area contributed by atoms with E-state index in [-0.39, 0.29) is 5.28 Å². The van der Waals surface area contributed by atoms with E-state index >= 15 is 0 Å². The topological polar surface area (TPSA) is 81.4 Å². The number of benzene rings is 1. The lowest BCUT2D eigenvalue weighted by molar-refractivity contribution is 0.793. The highest BCUT2D eigenvalue weighted by Gasteiger charge is 2.07. The quantitative estimate of drug-likeness (QED) is 0.764. The van der Waals surface area contributed by atoms with Crippen molar-refractivity contribution >= 4 is 33.5 Å². The lowest BCUT2D eigenvalue weighted by atomic mass is 10.2. The second kappa shape index (κ2) is 6.15. The van der Waals surface area contributed by atoms with E-state index in [4.69, 9.17) is 11.6 Å². The number of halogens is 2. The largest absolute Gasteiger partial charge is 0.350 e. The van der Waals surface area contributed by atoms with Gasteiger partial charge in [0, 0.05) is 11.0 Å². The fourth-order valence-corrected chi connectivity index (χ4v) is 2.26. The first-order chi connectivity index (χ1) is 10.2. The normalized spacial score (nSPS) is 10.6. The SMILES string of the molecule is Clc1nc(NCc2cccc(Br)c2)nc(-n2cncn2)n1. The molecule has 21 heavy (non-hydrogen) atoms. The fraction of sp³-hybridized carbons (Fsp3) is 0.0833. The minimum absolute atomic E-state index is 0.0900. The maximum absolute atomic E-state index is 5.90. The second-order valence-corrected chi connectivity index (χ2v) is 5.31. The van der Waals surface area contributed by atoms with Crippen molar-refractivity contribution in [2.75, 3.05) is 5.32 Å². The van der Waals surface area contributed by atoms with Crippen molar-refractivity contribution in [2.24, 2.45) is 0 Å². The molecule has 0 saturated carbocycles. The van der Waals surface area contributed by atoms with Gasteiger partial charge in [0.05, 0.1) is 0 Å². The molecule has 1 N–H and O–H groups in total. The third kappa shape index (κ3) is 3.53. The summed E-state index contributed by atoms with van der Waals surface area (Å²) in [4.78, 5) is 16.1. The number of anilines is 1. The van der Waals surface area contributed by atoms with Crippen molar-refractivity contribution in [3.05, 3.63) is 52.2 Å². The number of hydrogen-bond acceptors (Lipinski definition) is 6. The van der Waals surface area contributed by atoms with E-state index in [9.17, 15) is 0 Å². The van der Waals surface area contributed by atoms with Gasteiger partial charge in [0.2, 0.25) is 11.2 Å². The molecule has 3 aromatic rings. The Hall–Kier alpha value is -2.06. The van der Waals surface area contributed by atoms with E-state index in [0.717, 1.165) is 10.0 Å². The molecule has 0 saturated heterocycles. The number of hydrogen-bond donors (Lipinski definition) is 1. The summed E-state index contributed by atoms with van der Waals surface area (Å²) >= 11 is 9.33. The van der Waals surface area contributed by atoms with Gasteiger partial charge in [-0.25, -0.2) is 4.98 Å². The summed E-state index contributed by atoms with van der Waals surface area (Å²) in [6, 6.07) is 7.93. The molecule has 0 aliphatic heterocycles. The Morgan fingerprint density at radius 3 is 2.90 bits per heavy atom. The van der Waals surface area contributed by atoms with Crippen LogP contribution >= 0.6 is 27.5 Å². The molecule has 0 unspecified atom stereocenters. The van der Waals surface area contributed by atoms with Crippen LogP contribution in [0.1, 0.15) is 5.56 Å². The molecule has 2 aromatic heterocycles. The summed E-state index contributed by atoms with van der Waals surface area (Å²) in [5.41, 5.74) is 1.09. The minimum atomic E-state index is 0.0900. The molecule has 9 heteroatoms. The van der Waals surface area contributed by atoms with Crippen LogP contribution in [0.3, 0.4) is 0 Å². The van der Waals surface area contributed by atoms with E-state index in [1.807, 2.05) is 24.3 Å². The second-order valence-electron chi connectivity index (χ2n) is 4.05. The van der Waals surface area contributed by atoms with E-state index in [0.29, 0.717) is 18.4 Å². The van der Waals surface area contributed by atoms with Crippen molar-refractivity contribution in [3.8, 4) is 5.95 Å². The first-order valence-corrected chi connectivity index (χ1v) is 7.13. The molecular weight excluding hydrogens is 358 g/mol. The molecule has 7 nitrogen and oxygen atoms in total. The van der Waals surface area contributed by atoms with Crippen LogP contribution in [0.15, 0.2) is 41.4 Å². The predicted octanol–water partition coefficient (Wildman–Crippen LogP) is 2.48. The molecule has 0 aliphatic carbocycles. The lowest BCUT2D eigenvalue weighted by Gasteiger charge is -2.07. The van der Waals surface area contributed by atoms with Gasteiger partial charge in [0.25, 0.3) is 5.95 Å². The molecular formula is C12H9BrClN7. The van der Waals surface area contributed by atoms with E-state index in [2.05, 4.69) is 46.3 Å². The van der Waals surface area contributed by atoms with Gasteiger partial charge in [-0.3, -0.25) is 0 Å². The molecule has 1 aromatic carbocycles. The van der Waals surface area contributed by atoms with Crippen LogP contribution in [0.4, 0.5) is 5.95 Å². The maximum atomic E-state index is 5.90. The average molecular weight is 367 g/mol. The zero-order chi connectivity index (χ0) is 14.7. The molecule has 0 spiro atoms. The van der Waals surface area contributed by atoms with E-state index in [1.165, 1.54) is 17.3 Å². The summed E-state index contributed by atoms with van der Waals surface area (Å²) in [6.45, 7) is 0.566. The lowest BCUT2D eigenvalue weighted by Crippen LogP contribution is -2.09. The first kappa shape index (κ1) is 13.9. The Morgan fingerprint density at radius 2 is 2.14 bits per heavy atom. The molecule has 0 aliphatic rings. The van der Waals surface area contributed by atoms with Crippen molar-refractivity contribution < 1.29 is 0 Å². The van der Waals surface area contributed by atoms with Crippen molar-refractivity contribution in [3.63, 3.8) is 0 Å². The third-order valence-electron chi connectivity index (χ3n) is 2.56. The van der Waals surface area contributed by atoms with Crippen molar-refractivity contribution in [1.29, 1.82) is 0 Å². The molecule has 106 valence electrons. The van der Waals surface area contributed by atoms with Crippen LogP contribution in [0.2, 0.25) is 5.28 Å². The summed E-state index contributed by atoms with van der Waals surface area (Å²) in [5, 5.41) is 7.15. The number of nitrogens with zero attached hydrogens (tertiary/aromatic N) is 6. The van der Waals surface area contributed by atoms with Crippen LogP contribution in [0.25, 0.3) is 5.95 Å². The zero-order valence-electron chi connectivity index (χ0n) is 10.6. The minimum Gasteiger partial charge on any atom is -0.350 e. The Balaban J connectivity index is 1.79. The summed E-state index contributed by atoms with van der Waals surface area (Å²) in [7, 11) is 0. The summed E-state index contributed by atoms with van der Waals surface area (Å²) < 4.78 is 2.43. The van der Waals surface area contributed by atoms with Crippen molar-refractivity contribution in [2.45, 2.75) is 6.54 Å². The maximum Gasteiger partial charge on any atom is 0.258 e. The van der Waals surface area contributed by atoms with Gasteiger partial charge in [-0.05, 0) is 29.3 Å². The zero-order valence-corrected chi connectivity index (χ0v) is 13.0. The van der Waals surface area contributed by atoms with Gasteiger partial charge in [-0.15, -0.1) is 0 Å². The van der Waals surface area contributed by atoms with Crippen LogP contribution in [0.5, 0.6) is 0 Å². The molecule has 0 fully saturated rings. The highest BCUT2D eigenvalue weighted by Crippen LogP contribution is 2.13. The van der Waals surface area contributed by atoms with Gasteiger partial charge in [-0.2, -0.15) is 24.7 Å². The molecule has 3 rings (SSSR count). The Labute approximate surface area is 133 Å². The highest BCUT2D eigenvalue weighted by atomic mass is 79.9. The molecule has 2 heterocycles. The molecule has 0 bridgehead atoms. The molecule has 0 amide bonds. The standard InChI is InChI=1S/C12H9BrClN7/c13-9-3-1-2-8(4-9)5-16-11-18-10(14)19-12(20-11)21-7-15-6-17-21/h1-4,6-7H,5H2,(H,16,18,19,20). The smallest absolute Gasteiger partial charge is 0.258 e. The number of rotatable bonds is 4. The van der Waals surface area contributed by atoms with Gasteiger partial charge < -0.3 is 5.32 Å². The molecule has 0 atom stereocenters. The van der Waals surface area contributed by atoms with Crippen molar-refractivity contribution in [1.82, 2.24) is 29.7 Å². The average Bonchev–Trinajstić information content (AvgIpc) is 2.99. The van der Waals surface area contributed by atoms with Crippen LogP contribution < -0.4 is 5.32 Å². The Bertz CT molecular complexity index is 747. The van der Waals surface area contributed by atoms with Gasteiger partial charge >= 0.3 is 0 Å². The van der Waals surface area contributed by atoms with Gasteiger partial charge in [-0.1, -0.05) is 28.1 Å². The monoisotopic (exact) mass is 365 g/mol.